The Kier molecular flexibility index (Phi) is 18.2. The summed E-state index contributed by atoms with van der Waals surface area (Å²) in [6.45, 7) is 5.19. The molecule has 16 atom stereocenters. The van der Waals surface area contributed by atoms with E-state index in [9.17, 15) is 0 Å². The van der Waals surface area contributed by atoms with Gasteiger partial charge in [0.1, 0.15) is 0 Å². The van der Waals surface area contributed by atoms with E-state index in [1.807, 2.05) is 0 Å². The largest absolute Gasteiger partial charge is 0.316 e. The Balaban J connectivity index is 0.608. The second-order valence-electron chi connectivity index (χ2n) is 34.3. The van der Waals surface area contributed by atoms with Crippen LogP contribution in [0.2, 0.25) is 0 Å². The van der Waals surface area contributed by atoms with E-state index >= 15 is 0 Å². The van der Waals surface area contributed by atoms with Crippen molar-refractivity contribution in [2.75, 3.05) is 26.2 Å². The second-order valence-corrected chi connectivity index (χ2v) is 34.3. The van der Waals surface area contributed by atoms with Crippen LogP contribution in [0.25, 0.3) is 0 Å². The van der Waals surface area contributed by atoms with Gasteiger partial charge < -0.3 is 10.6 Å². The first-order chi connectivity index (χ1) is 41.2. The van der Waals surface area contributed by atoms with E-state index < -0.39 is 0 Å². The fourth-order valence-corrected chi connectivity index (χ4v) is 27.7. The van der Waals surface area contributed by atoms with Gasteiger partial charge in [-0.05, 0) is 284 Å². The fraction of sp³-hybridized carbons (Fsp3) is 1.00. The molecule has 83 heavy (non-hydrogen) atoms. The van der Waals surface area contributed by atoms with Crippen molar-refractivity contribution >= 4 is 0 Å². The normalized spacial score (nSPS) is 47.9. The summed E-state index contributed by atoms with van der Waals surface area (Å²) in [5.74, 6) is 9.77. The molecule has 16 rings (SSSR count). The van der Waals surface area contributed by atoms with Crippen LogP contribution in [0.1, 0.15) is 302 Å². The molecule has 0 amide bonds. The number of nitrogens with one attached hydrogen (secondary N) is 2. The van der Waals surface area contributed by atoms with Crippen molar-refractivity contribution in [2.45, 2.75) is 392 Å². The zero-order valence-electron chi connectivity index (χ0n) is 53.7. The Hall–Kier alpha value is -0.280. The Morgan fingerprint density at radius 2 is 0.554 bits per heavy atom. The topological polar surface area (TPSA) is 40.3 Å². The molecule has 16 unspecified atom stereocenters. The molecule has 0 aromatic heterocycles. The molecule has 16 fully saturated rings. The van der Waals surface area contributed by atoms with Crippen LogP contribution < -0.4 is 10.6 Å². The van der Waals surface area contributed by atoms with E-state index in [4.69, 9.17) is 0 Å². The number of hydrogen-bond donors (Lipinski definition) is 2. The number of likely N-dealkylation sites (tertiary alicyclic amines) is 3. The van der Waals surface area contributed by atoms with E-state index in [-0.39, 0.29) is 0 Å². The lowest BCUT2D eigenvalue weighted by Gasteiger charge is -2.52. The van der Waals surface area contributed by atoms with E-state index in [0.717, 1.165) is 150 Å². The average Bonchev–Trinajstić information content (AvgIpc) is 4.07. The Labute approximate surface area is 510 Å². The van der Waals surface area contributed by atoms with Crippen molar-refractivity contribution in [2.24, 2.45) is 59.2 Å². The fourth-order valence-electron chi connectivity index (χ4n) is 27.7. The minimum atomic E-state index is 0.870. The average molecular weight is 1140 g/mol. The summed E-state index contributed by atoms with van der Waals surface area (Å²) in [6.07, 6.45) is 71.6. The number of fused-ring (bicyclic) bond motifs is 9. The van der Waals surface area contributed by atoms with Crippen molar-refractivity contribution in [3.8, 4) is 0 Å². The van der Waals surface area contributed by atoms with E-state index in [2.05, 4.69) is 35.1 Å². The lowest BCUT2D eigenvalue weighted by atomic mass is 9.63. The minimum Gasteiger partial charge on any atom is -0.316 e. The molecular weight excluding hydrogens is 1010 g/mol. The summed E-state index contributed by atoms with van der Waals surface area (Å²) in [7, 11) is 0. The Bertz CT molecular complexity index is 1870. The summed E-state index contributed by atoms with van der Waals surface area (Å²) in [5, 5.41) is 8.08. The van der Waals surface area contributed by atoms with Gasteiger partial charge >= 0.3 is 0 Å². The molecule has 0 aromatic carbocycles. The van der Waals surface area contributed by atoms with Crippen molar-refractivity contribution in [3.63, 3.8) is 0 Å². The third-order valence-corrected chi connectivity index (χ3v) is 30.8. The maximum absolute atomic E-state index is 4.04. The first-order valence-corrected chi connectivity index (χ1v) is 39.5. The van der Waals surface area contributed by atoms with Crippen LogP contribution in [0.4, 0.5) is 0 Å². The van der Waals surface area contributed by atoms with Gasteiger partial charge in [0.05, 0.1) is 0 Å². The highest BCUT2D eigenvalue weighted by atomic mass is 15.3. The van der Waals surface area contributed by atoms with Gasteiger partial charge in [0.2, 0.25) is 0 Å². The quantitative estimate of drug-likeness (QED) is 0.214. The number of rotatable bonds is 11. The second kappa shape index (κ2) is 26.1. The molecule has 5 aliphatic heterocycles. The molecular formula is C76H129N7. The molecule has 468 valence electrons. The molecule has 0 spiro atoms. The molecule has 0 radical (unpaired) electrons. The maximum Gasteiger partial charge on any atom is 0.0157 e. The summed E-state index contributed by atoms with van der Waals surface area (Å²) < 4.78 is 0. The van der Waals surface area contributed by atoms with Gasteiger partial charge in [0, 0.05) is 90.6 Å². The number of hydrogen-bond acceptors (Lipinski definition) is 7. The molecule has 5 saturated heterocycles. The molecule has 16 aliphatic rings. The van der Waals surface area contributed by atoms with E-state index in [1.54, 1.807) is 70.6 Å². The van der Waals surface area contributed by atoms with Crippen LogP contribution in [-0.2, 0) is 0 Å². The van der Waals surface area contributed by atoms with Crippen LogP contribution in [0.3, 0.4) is 0 Å². The summed E-state index contributed by atoms with van der Waals surface area (Å²) >= 11 is 0. The summed E-state index contributed by atoms with van der Waals surface area (Å²) in [5.41, 5.74) is 0. The number of piperidine rings is 2. The van der Waals surface area contributed by atoms with Crippen molar-refractivity contribution in [3.05, 3.63) is 0 Å². The zero-order chi connectivity index (χ0) is 54.8. The highest BCUT2D eigenvalue weighted by Gasteiger charge is 2.59. The number of nitrogens with zero attached hydrogens (tertiary/aromatic N) is 5. The molecule has 0 aromatic rings. The van der Waals surface area contributed by atoms with Gasteiger partial charge in [-0.2, -0.15) is 0 Å². The zero-order valence-corrected chi connectivity index (χ0v) is 53.7. The van der Waals surface area contributed by atoms with Crippen LogP contribution in [0.5, 0.6) is 0 Å². The first kappa shape index (κ1) is 57.8. The molecule has 5 heterocycles. The van der Waals surface area contributed by atoms with Crippen molar-refractivity contribution < 1.29 is 0 Å². The maximum atomic E-state index is 4.04. The predicted octanol–water partition coefficient (Wildman–Crippen LogP) is 15.9. The highest BCUT2D eigenvalue weighted by Crippen LogP contribution is 2.58. The van der Waals surface area contributed by atoms with Gasteiger partial charge in [-0.3, -0.25) is 24.5 Å². The Morgan fingerprint density at radius 3 is 0.952 bits per heavy atom. The lowest BCUT2D eigenvalue weighted by Crippen LogP contribution is -2.55. The SMILES string of the molecule is C1CCC(N(C2CCCCC2)C2CCC3C(C2)C2CNCCC2N3C2CCC(C3CC(C4CCC(N5C6CCNCC6C6CC(N(C7CCCCC7)C7CCCCC7)CCC65)CC4)CC(N4C5CCCCC5C5CCCCC54)C3)CC2)CC1. The van der Waals surface area contributed by atoms with Gasteiger partial charge in [0.25, 0.3) is 0 Å². The smallest absolute Gasteiger partial charge is 0.0157 e. The van der Waals surface area contributed by atoms with Gasteiger partial charge in [-0.1, -0.05) is 103 Å². The standard InChI is InChI=1S/C76H129N7/c1-5-17-56(18-6-1)79(57-19-7-2-8-20-57)62-37-39-73-67(48-62)69-50-77-43-41-75(69)81(73)60-33-29-52(30-34-60)54-45-55(47-64(46-54)83-71-27-15-13-25-65(71)66-26-14-16-28-72(66)83)53-31-35-61(36-32-53)82-74-40-38-63(49-68(74)70-51-78-44-42-76(70)82)80(58-21-9-3-10-22-58)59-23-11-4-12-24-59/h52-78H,1-51H2. The Morgan fingerprint density at radius 1 is 0.217 bits per heavy atom. The van der Waals surface area contributed by atoms with Crippen LogP contribution in [0.15, 0.2) is 0 Å². The summed E-state index contributed by atoms with van der Waals surface area (Å²) in [6, 6.07) is 13.4. The van der Waals surface area contributed by atoms with E-state index in [0.29, 0.717) is 0 Å². The highest BCUT2D eigenvalue weighted by molar-refractivity contribution is 5.13. The van der Waals surface area contributed by atoms with E-state index in [1.165, 1.54) is 257 Å². The monoisotopic (exact) mass is 1140 g/mol. The van der Waals surface area contributed by atoms with Gasteiger partial charge in [-0.25, -0.2) is 0 Å². The minimum absolute atomic E-state index is 0.870. The van der Waals surface area contributed by atoms with Crippen molar-refractivity contribution in [1.29, 1.82) is 0 Å². The predicted molar refractivity (Wildman–Crippen MR) is 344 cm³/mol. The summed E-state index contributed by atoms with van der Waals surface area (Å²) in [4.78, 5) is 16.8. The lowest BCUT2D eigenvalue weighted by molar-refractivity contribution is -0.0214. The van der Waals surface area contributed by atoms with Crippen LogP contribution in [-0.4, -0.2) is 141 Å². The van der Waals surface area contributed by atoms with Crippen molar-refractivity contribution in [1.82, 2.24) is 35.1 Å². The van der Waals surface area contributed by atoms with Crippen LogP contribution >= 0.6 is 0 Å². The molecule has 2 N–H and O–H groups in total. The molecule has 11 saturated carbocycles. The molecule has 11 aliphatic carbocycles. The third-order valence-electron chi connectivity index (χ3n) is 30.8. The molecule has 7 heteroatoms. The molecule has 7 nitrogen and oxygen atoms in total. The molecule has 0 bridgehead atoms. The van der Waals surface area contributed by atoms with Gasteiger partial charge in [0.15, 0.2) is 0 Å². The first-order valence-electron chi connectivity index (χ1n) is 39.5. The third kappa shape index (κ3) is 11.4. The van der Waals surface area contributed by atoms with Gasteiger partial charge in [-0.15, -0.1) is 0 Å². The van der Waals surface area contributed by atoms with Crippen LogP contribution in [0, 0.1) is 59.2 Å².